The fraction of sp³-hybridized carbons (Fsp3) is 0.0588. The Kier molecular flexibility index (Phi) is 3.40. The summed E-state index contributed by atoms with van der Waals surface area (Å²) < 4.78 is 7.59. The molecule has 0 atom stereocenters. The Balaban J connectivity index is 1.53. The van der Waals surface area contributed by atoms with Gasteiger partial charge in [-0.2, -0.15) is 0 Å². The maximum Gasteiger partial charge on any atom is 0.247 e. The molecular weight excluding hydrogens is 288 g/mol. The molecule has 0 saturated carbocycles. The molecule has 0 fully saturated rings. The minimum atomic E-state index is 0.611. The minimum Gasteiger partial charge on any atom is -0.310 e. The first-order valence-corrected chi connectivity index (χ1v) is 7.21. The average Bonchev–Trinajstić information content (AvgIpc) is 3.27. The zero-order valence-electron chi connectivity index (χ0n) is 12.3. The van der Waals surface area contributed by atoms with E-state index in [-0.39, 0.29) is 0 Å². The molecule has 0 N–H and O–H groups in total. The lowest BCUT2D eigenvalue weighted by Crippen LogP contribution is -2.50. The Morgan fingerprint density at radius 1 is 0.783 bits per heavy atom. The van der Waals surface area contributed by atoms with Crippen LogP contribution < -0.4 is 9.13 Å². The third kappa shape index (κ3) is 2.87. The quantitative estimate of drug-likeness (QED) is 0.412. The molecule has 0 unspecified atom stereocenters. The Morgan fingerprint density at radius 3 is 1.74 bits per heavy atom. The molecular formula is C17H14N6. The van der Waals surface area contributed by atoms with Gasteiger partial charge < -0.3 is 9.13 Å². The first kappa shape index (κ1) is 13.4. The molecule has 112 valence electrons. The molecule has 4 aromatic heterocycles. The highest BCUT2D eigenvalue weighted by Gasteiger charge is 2.04. The second kappa shape index (κ2) is 5.84. The van der Waals surface area contributed by atoms with E-state index in [0.717, 1.165) is 11.6 Å². The van der Waals surface area contributed by atoms with Crippen molar-refractivity contribution in [1.82, 2.24) is 19.1 Å². The fourth-order valence-electron chi connectivity index (χ4n) is 2.27. The smallest absolute Gasteiger partial charge is 0.247 e. The van der Waals surface area contributed by atoms with E-state index < -0.39 is 0 Å². The predicted molar refractivity (Wildman–Crippen MR) is 80.6 cm³/mol. The largest absolute Gasteiger partial charge is 0.310 e. The van der Waals surface area contributed by atoms with Gasteiger partial charge in [-0.05, 0) is 24.3 Å². The molecule has 6 heteroatoms. The third-order valence-electron chi connectivity index (χ3n) is 3.36. The minimum absolute atomic E-state index is 0.611. The van der Waals surface area contributed by atoms with Crippen molar-refractivity contribution in [2.75, 3.05) is 0 Å². The van der Waals surface area contributed by atoms with E-state index in [1.165, 1.54) is 0 Å². The molecule has 0 saturated heterocycles. The van der Waals surface area contributed by atoms with Crippen molar-refractivity contribution in [2.45, 2.75) is 6.67 Å². The summed E-state index contributed by atoms with van der Waals surface area (Å²) in [5, 5.41) is 0. The number of imidazole rings is 2. The van der Waals surface area contributed by atoms with Crippen LogP contribution in [0.5, 0.6) is 0 Å². The standard InChI is InChI=1S/C17H14N6/c1-3-7-18-16(5-1)22-11-9-20(14-22)13-21-10-12-23(15-21)17-6-2-4-8-19-17/h1-12H,13H2. The molecule has 0 aliphatic rings. The normalized spacial score (nSPS) is 10.8. The van der Waals surface area contributed by atoms with Crippen molar-refractivity contribution in [3.8, 4) is 11.6 Å². The van der Waals surface area contributed by atoms with Crippen LogP contribution in [-0.2, 0) is 6.67 Å². The summed E-state index contributed by atoms with van der Waals surface area (Å²) >= 11 is 0. The molecule has 0 amide bonds. The topological polar surface area (TPSA) is 43.4 Å². The van der Waals surface area contributed by atoms with Gasteiger partial charge in [-0.25, -0.2) is 0 Å². The number of nitrogens with zero attached hydrogens (tertiary/aromatic N) is 6. The summed E-state index contributed by atoms with van der Waals surface area (Å²) in [5.74, 6) is 1.68. The third-order valence-corrected chi connectivity index (χ3v) is 3.36. The lowest BCUT2D eigenvalue weighted by Gasteiger charge is -2.01. The summed E-state index contributed by atoms with van der Waals surface area (Å²) in [4.78, 5) is 8.61. The van der Waals surface area contributed by atoms with Crippen molar-refractivity contribution >= 4 is 0 Å². The molecule has 0 spiro atoms. The van der Waals surface area contributed by atoms with E-state index in [1.807, 2.05) is 79.5 Å². The van der Waals surface area contributed by atoms with Gasteiger partial charge in [0, 0.05) is 37.2 Å². The molecule has 0 aliphatic heterocycles. The highest BCUT2D eigenvalue weighted by atomic mass is 15.2. The maximum atomic E-state index is 4.30. The van der Waals surface area contributed by atoms with Gasteiger partial charge in [0.15, 0.2) is 6.67 Å². The lowest BCUT2D eigenvalue weighted by molar-refractivity contribution is -0.916. The molecule has 6 nitrogen and oxygen atoms in total. The molecule has 0 aromatic carbocycles. The van der Waals surface area contributed by atoms with Crippen LogP contribution in [-0.4, -0.2) is 19.1 Å². The van der Waals surface area contributed by atoms with Gasteiger partial charge in [0.25, 0.3) is 0 Å². The summed E-state index contributed by atoms with van der Waals surface area (Å²) in [6.07, 6.45) is 17.8. The zero-order valence-corrected chi connectivity index (χ0v) is 12.3. The van der Waals surface area contributed by atoms with Crippen molar-refractivity contribution in [1.29, 1.82) is 0 Å². The molecule has 0 aliphatic carbocycles. The Labute approximate surface area is 133 Å². The van der Waals surface area contributed by atoms with E-state index in [1.54, 1.807) is 12.4 Å². The van der Waals surface area contributed by atoms with E-state index in [2.05, 4.69) is 22.6 Å². The Hall–Kier alpha value is -3.28. The highest BCUT2D eigenvalue weighted by Crippen LogP contribution is 2.00. The second-order valence-electron chi connectivity index (χ2n) is 4.99. The molecule has 0 radical (unpaired) electrons. The van der Waals surface area contributed by atoms with Gasteiger partial charge in [0.1, 0.15) is 11.6 Å². The summed E-state index contributed by atoms with van der Waals surface area (Å²) in [6.45, 7) is 0.611. The average molecular weight is 302 g/mol. The molecule has 4 rings (SSSR count). The lowest BCUT2D eigenvalue weighted by atomic mass is 10.5. The van der Waals surface area contributed by atoms with Crippen molar-refractivity contribution in [2.24, 2.45) is 0 Å². The molecule has 23 heavy (non-hydrogen) atoms. The van der Waals surface area contributed by atoms with E-state index in [4.69, 9.17) is 0 Å². The molecule has 0 bridgehead atoms. The van der Waals surface area contributed by atoms with E-state index in [0.29, 0.717) is 6.67 Å². The SMILES string of the molecule is [c-]1n(-c2ccccn2)cc[n+]1C[n+]1[c-]n(-c2ccccn2)cc1. The van der Waals surface area contributed by atoms with Crippen molar-refractivity contribution in [3.05, 3.63) is 86.2 Å². The number of hydrogen-bond donors (Lipinski definition) is 0. The van der Waals surface area contributed by atoms with Crippen molar-refractivity contribution in [3.63, 3.8) is 0 Å². The number of aromatic nitrogens is 6. The Morgan fingerprint density at radius 2 is 1.30 bits per heavy atom. The van der Waals surface area contributed by atoms with E-state index >= 15 is 0 Å². The van der Waals surface area contributed by atoms with Gasteiger partial charge >= 0.3 is 0 Å². The maximum absolute atomic E-state index is 4.30. The predicted octanol–water partition coefficient (Wildman–Crippen LogP) is 0.739. The molecule has 4 aromatic rings. The van der Waals surface area contributed by atoms with Crippen LogP contribution in [0.1, 0.15) is 0 Å². The summed E-state index contributed by atoms with van der Waals surface area (Å²) in [7, 11) is 0. The number of pyridine rings is 2. The van der Waals surface area contributed by atoms with Crippen LogP contribution in [0.2, 0.25) is 0 Å². The van der Waals surface area contributed by atoms with Crippen LogP contribution in [0.3, 0.4) is 0 Å². The fourth-order valence-corrected chi connectivity index (χ4v) is 2.27. The summed E-state index contributed by atoms with van der Waals surface area (Å²) in [5.41, 5.74) is 0. The molecule has 4 heterocycles. The van der Waals surface area contributed by atoms with Gasteiger partial charge in [-0.3, -0.25) is 19.1 Å². The zero-order chi connectivity index (χ0) is 15.5. The van der Waals surface area contributed by atoms with Gasteiger partial charge in [0.05, 0.1) is 0 Å². The first-order chi connectivity index (χ1) is 11.4. The number of rotatable bonds is 4. The van der Waals surface area contributed by atoms with Gasteiger partial charge in [-0.15, -0.1) is 0 Å². The summed E-state index contributed by atoms with van der Waals surface area (Å²) in [6, 6.07) is 11.6. The van der Waals surface area contributed by atoms with Crippen LogP contribution >= 0.6 is 0 Å². The number of hydrogen-bond acceptors (Lipinski definition) is 2. The first-order valence-electron chi connectivity index (χ1n) is 7.21. The van der Waals surface area contributed by atoms with Gasteiger partial charge in [-0.1, -0.05) is 12.1 Å². The highest BCUT2D eigenvalue weighted by molar-refractivity contribution is 5.20. The second-order valence-corrected chi connectivity index (χ2v) is 4.99. The van der Waals surface area contributed by atoms with Crippen LogP contribution in [0.4, 0.5) is 0 Å². The Bertz CT molecular complexity index is 819. The van der Waals surface area contributed by atoms with Crippen LogP contribution in [0, 0.1) is 12.7 Å². The van der Waals surface area contributed by atoms with E-state index in [9.17, 15) is 0 Å². The monoisotopic (exact) mass is 302 g/mol. The van der Waals surface area contributed by atoms with Gasteiger partial charge in [0.2, 0.25) is 12.7 Å². The van der Waals surface area contributed by atoms with Crippen LogP contribution in [0.15, 0.2) is 73.6 Å². The van der Waals surface area contributed by atoms with Crippen molar-refractivity contribution < 1.29 is 9.13 Å². The van der Waals surface area contributed by atoms with Crippen LogP contribution in [0.25, 0.3) is 11.6 Å².